The van der Waals surface area contributed by atoms with Crippen LogP contribution in [-0.2, 0) is 0 Å². The van der Waals surface area contributed by atoms with Gasteiger partial charge in [-0.15, -0.1) is 11.8 Å². The first kappa shape index (κ1) is 11.3. The Bertz CT molecular complexity index is 491. The Hall–Kier alpha value is -1.15. The van der Waals surface area contributed by atoms with Crippen molar-refractivity contribution in [2.24, 2.45) is 0 Å². The molecule has 84 valence electrons. The largest absolute Gasteiger partial charge is 0.491 e. The molecule has 0 aliphatic rings. The van der Waals surface area contributed by atoms with Gasteiger partial charge in [0.25, 0.3) is 0 Å². The molecule has 2 aromatic rings. The maximum absolute atomic E-state index is 5.69. The van der Waals surface area contributed by atoms with Crippen LogP contribution in [-0.4, -0.2) is 12.4 Å². The molecule has 0 aromatic heterocycles. The van der Waals surface area contributed by atoms with E-state index < -0.39 is 0 Å². The lowest BCUT2D eigenvalue weighted by Gasteiger charge is -2.10. The van der Waals surface area contributed by atoms with Crippen molar-refractivity contribution in [1.29, 1.82) is 0 Å². The zero-order valence-electron chi connectivity index (χ0n) is 9.86. The average Bonchev–Trinajstić information content (AvgIpc) is 2.27. The second kappa shape index (κ2) is 4.79. The first-order valence-electron chi connectivity index (χ1n) is 5.43. The SMILES string of the molecule is CSc1ccc2ccc(OC(C)C)cc2c1. The first-order valence-corrected chi connectivity index (χ1v) is 6.66. The van der Waals surface area contributed by atoms with E-state index in [2.05, 4.69) is 36.6 Å². The van der Waals surface area contributed by atoms with Crippen molar-refractivity contribution in [2.45, 2.75) is 24.8 Å². The summed E-state index contributed by atoms with van der Waals surface area (Å²) in [6.45, 7) is 4.09. The highest BCUT2D eigenvalue weighted by atomic mass is 32.2. The number of rotatable bonds is 3. The molecule has 0 spiro atoms. The molecule has 1 nitrogen and oxygen atoms in total. The van der Waals surface area contributed by atoms with Gasteiger partial charge in [0.15, 0.2) is 0 Å². The Balaban J connectivity index is 2.42. The molecule has 0 saturated heterocycles. The normalized spacial score (nSPS) is 11.0. The monoisotopic (exact) mass is 232 g/mol. The summed E-state index contributed by atoms with van der Waals surface area (Å²) in [5.41, 5.74) is 0. The predicted octanol–water partition coefficient (Wildman–Crippen LogP) is 4.35. The minimum atomic E-state index is 0.223. The van der Waals surface area contributed by atoms with Crippen LogP contribution < -0.4 is 4.74 Å². The molecular weight excluding hydrogens is 216 g/mol. The fourth-order valence-electron chi connectivity index (χ4n) is 1.68. The molecular formula is C14H16OS. The van der Waals surface area contributed by atoms with Crippen LogP contribution in [0.4, 0.5) is 0 Å². The van der Waals surface area contributed by atoms with E-state index in [1.165, 1.54) is 15.7 Å². The van der Waals surface area contributed by atoms with Crippen molar-refractivity contribution in [3.05, 3.63) is 36.4 Å². The molecule has 16 heavy (non-hydrogen) atoms. The van der Waals surface area contributed by atoms with E-state index in [1.807, 2.05) is 19.9 Å². The molecule has 2 heteroatoms. The van der Waals surface area contributed by atoms with Gasteiger partial charge in [0.05, 0.1) is 6.10 Å². The van der Waals surface area contributed by atoms with Gasteiger partial charge < -0.3 is 4.74 Å². The number of ether oxygens (including phenoxy) is 1. The molecule has 0 saturated carbocycles. The van der Waals surface area contributed by atoms with E-state index in [9.17, 15) is 0 Å². The number of thioether (sulfide) groups is 1. The summed E-state index contributed by atoms with van der Waals surface area (Å²) in [7, 11) is 0. The molecule has 0 fully saturated rings. The topological polar surface area (TPSA) is 9.23 Å². The number of benzene rings is 2. The van der Waals surface area contributed by atoms with Gasteiger partial charge in [-0.3, -0.25) is 0 Å². The molecule has 0 bridgehead atoms. The Morgan fingerprint density at radius 1 is 1.00 bits per heavy atom. The van der Waals surface area contributed by atoms with E-state index in [0.29, 0.717) is 0 Å². The summed E-state index contributed by atoms with van der Waals surface area (Å²) in [5.74, 6) is 0.945. The molecule has 0 radical (unpaired) electrons. The van der Waals surface area contributed by atoms with Crippen molar-refractivity contribution in [3.8, 4) is 5.75 Å². The highest BCUT2D eigenvalue weighted by Gasteiger charge is 2.00. The van der Waals surface area contributed by atoms with Crippen LogP contribution in [0.25, 0.3) is 10.8 Å². The second-order valence-electron chi connectivity index (χ2n) is 4.04. The highest BCUT2D eigenvalue weighted by molar-refractivity contribution is 7.98. The van der Waals surface area contributed by atoms with Crippen LogP contribution in [0, 0.1) is 0 Å². The van der Waals surface area contributed by atoms with Crippen LogP contribution in [0.2, 0.25) is 0 Å². The van der Waals surface area contributed by atoms with Gasteiger partial charge >= 0.3 is 0 Å². The quantitative estimate of drug-likeness (QED) is 0.728. The van der Waals surface area contributed by atoms with Crippen LogP contribution in [0.1, 0.15) is 13.8 Å². The minimum Gasteiger partial charge on any atom is -0.491 e. The zero-order valence-corrected chi connectivity index (χ0v) is 10.7. The average molecular weight is 232 g/mol. The lowest BCUT2D eigenvalue weighted by Crippen LogP contribution is -2.05. The Labute approximate surface area is 101 Å². The van der Waals surface area contributed by atoms with Crippen LogP contribution in [0.15, 0.2) is 41.3 Å². The summed E-state index contributed by atoms with van der Waals surface area (Å²) >= 11 is 1.76. The maximum Gasteiger partial charge on any atom is 0.120 e. The molecule has 2 rings (SSSR count). The van der Waals surface area contributed by atoms with E-state index in [4.69, 9.17) is 4.74 Å². The Morgan fingerprint density at radius 2 is 1.75 bits per heavy atom. The maximum atomic E-state index is 5.69. The number of hydrogen-bond donors (Lipinski definition) is 0. The number of fused-ring (bicyclic) bond motifs is 1. The van der Waals surface area contributed by atoms with Gasteiger partial charge in [-0.2, -0.15) is 0 Å². The van der Waals surface area contributed by atoms with Crippen molar-refractivity contribution < 1.29 is 4.74 Å². The van der Waals surface area contributed by atoms with Gasteiger partial charge in [0, 0.05) is 4.90 Å². The van der Waals surface area contributed by atoms with Crippen molar-refractivity contribution in [2.75, 3.05) is 6.26 Å². The van der Waals surface area contributed by atoms with E-state index in [-0.39, 0.29) is 6.10 Å². The van der Waals surface area contributed by atoms with Gasteiger partial charge in [-0.05, 0) is 55.1 Å². The zero-order chi connectivity index (χ0) is 11.5. The van der Waals surface area contributed by atoms with Gasteiger partial charge in [0.1, 0.15) is 5.75 Å². The Kier molecular flexibility index (Phi) is 3.39. The molecule has 0 aliphatic heterocycles. The predicted molar refractivity (Wildman–Crippen MR) is 71.5 cm³/mol. The highest BCUT2D eigenvalue weighted by Crippen LogP contribution is 2.25. The third-order valence-electron chi connectivity index (χ3n) is 2.39. The lowest BCUT2D eigenvalue weighted by molar-refractivity contribution is 0.243. The fraction of sp³-hybridized carbons (Fsp3) is 0.286. The second-order valence-corrected chi connectivity index (χ2v) is 4.92. The summed E-state index contributed by atoms with van der Waals surface area (Å²) in [4.78, 5) is 1.29. The molecule has 0 aliphatic carbocycles. The van der Waals surface area contributed by atoms with E-state index >= 15 is 0 Å². The first-order chi connectivity index (χ1) is 7.69. The summed E-state index contributed by atoms with van der Waals surface area (Å²) in [6, 6.07) is 12.7. The van der Waals surface area contributed by atoms with E-state index in [0.717, 1.165) is 5.75 Å². The summed E-state index contributed by atoms with van der Waals surface area (Å²) in [6.07, 6.45) is 2.32. The fourth-order valence-corrected chi connectivity index (χ4v) is 2.12. The molecule has 2 aromatic carbocycles. The smallest absolute Gasteiger partial charge is 0.120 e. The Morgan fingerprint density at radius 3 is 2.44 bits per heavy atom. The number of hydrogen-bond acceptors (Lipinski definition) is 2. The van der Waals surface area contributed by atoms with Crippen molar-refractivity contribution >= 4 is 22.5 Å². The lowest BCUT2D eigenvalue weighted by atomic mass is 10.1. The third kappa shape index (κ3) is 2.50. The molecule has 0 N–H and O–H groups in total. The van der Waals surface area contributed by atoms with Crippen molar-refractivity contribution in [3.63, 3.8) is 0 Å². The molecule has 0 amide bonds. The van der Waals surface area contributed by atoms with Crippen LogP contribution in [0.3, 0.4) is 0 Å². The summed E-state index contributed by atoms with van der Waals surface area (Å²) in [5, 5.41) is 2.50. The van der Waals surface area contributed by atoms with Gasteiger partial charge in [0.2, 0.25) is 0 Å². The molecule has 0 heterocycles. The van der Waals surface area contributed by atoms with Crippen LogP contribution >= 0.6 is 11.8 Å². The standard InChI is InChI=1S/C14H16OS/c1-10(2)15-13-6-4-11-5-7-14(16-3)9-12(11)8-13/h4-10H,1-3H3. The summed E-state index contributed by atoms with van der Waals surface area (Å²) < 4.78 is 5.69. The minimum absolute atomic E-state index is 0.223. The van der Waals surface area contributed by atoms with E-state index in [1.54, 1.807) is 11.8 Å². The van der Waals surface area contributed by atoms with Crippen molar-refractivity contribution in [1.82, 2.24) is 0 Å². The van der Waals surface area contributed by atoms with Gasteiger partial charge in [-0.25, -0.2) is 0 Å². The molecule has 0 atom stereocenters. The molecule has 0 unspecified atom stereocenters. The van der Waals surface area contributed by atoms with Crippen LogP contribution in [0.5, 0.6) is 5.75 Å². The third-order valence-corrected chi connectivity index (χ3v) is 3.12. The van der Waals surface area contributed by atoms with Gasteiger partial charge in [-0.1, -0.05) is 12.1 Å².